The van der Waals surface area contributed by atoms with E-state index >= 15 is 0 Å². The van der Waals surface area contributed by atoms with E-state index in [-0.39, 0.29) is 29.2 Å². The van der Waals surface area contributed by atoms with E-state index < -0.39 is 16.7 Å². The third-order valence-corrected chi connectivity index (χ3v) is 2.91. The van der Waals surface area contributed by atoms with Crippen LogP contribution in [0.3, 0.4) is 0 Å². The Morgan fingerprint density at radius 3 is 2.57 bits per heavy atom. The summed E-state index contributed by atoms with van der Waals surface area (Å²) in [5.74, 6) is -1.24. The number of amides is 2. The molecule has 2 aromatic rings. The van der Waals surface area contributed by atoms with Gasteiger partial charge in [-0.1, -0.05) is 18.2 Å². The Morgan fingerprint density at radius 1 is 1.13 bits per heavy atom. The minimum atomic E-state index is -0.610. The second-order valence-corrected chi connectivity index (χ2v) is 4.56. The number of para-hydroxylation sites is 2. The van der Waals surface area contributed by atoms with Gasteiger partial charge in [0.1, 0.15) is 5.75 Å². The van der Waals surface area contributed by atoms with Crippen LogP contribution < -0.4 is 10.6 Å². The van der Waals surface area contributed by atoms with Crippen molar-refractivity contribution < 1.29 is 19.6 Å². The lowest BCUT2D eigenvalue weighted by atomic mass is 10.2. The molecule has 8 heteroatoms. The minimum absolute atomic E-state index is 0.0783. The van der Waals surface area contributed by atoms with E-state index in [1.54, 1.807) is 12.1 Å². The van der Waals surface area contributed by atoms with Gasteiger partial charge < -0.3 is 15.7 Å². The number of anilines is 1. The number of hydrogen-bond donors (Lipinski definition) is 3. The predicted octanol–water partition coefficient (Wildman–Crippen LogP) is 1.67. The fraction of sp³-hybridized carbons (Fsp3) is 0.0667. The van der Waals surface area contributed by atoms with Gasteiger partial charge in [-0.05, 0) is 18.2 Å². The number of nitrogens with zero attached hydrogens (tertiary/aromatic N) is 1. The standard InChI is InChI=1S/C15H13N3O5/c19-13-7-2-1-6-12(13)17-14(20)9-16-15(21)10-4-3-5-11(8-10)18(22)23/h1-8,19H,9H2,(H,16,21)(H,17,20). The van der Waals surface area contributed by atoms with E-state index in [1.165, 1.54) is 30.3 Å². The molecule has 0 fully saturated rings. The van der Waals surface area contributed by atoms with Crippen molar-refractivity contribution in [3.63, 3.8) is 0 Å². The summed E-state index contributed by atoms with van der Waals surface area (Å²) in [5, 5.41) is 25.0. The van der Waals surface area contributed by atoms with Crippen molar-refractivity contribution in [3.8, 4) is 5.75 Å². The van der Waals surface area contributed by atoms with E-state index in [2.05, 4.69) is 10.6 Å². The molecular formula is C15H13N3O5. The number of carbonyl (C=O) groups excluding carboxylic acids is 2. The van der Waals surface area contributed by atoms with Crippen molar-refractivity contribution >= 4 is 23.2 Å². The van der Waals surface area contributed by atoms with E-state index in [1.807, 2.05) is 0 Å². The quantitative estimate of drug-likeness (QED) is 0.440. The van der Waals surface area contributed by atoms with Gasteiger partial charge in [0.25, 0.3) is 11.6 Å². The Bertz CT molecular complexity index is 760. The van der Waals surface area contributed by atoms with Crippen LogP contribution in [-0.4, -0.2) is 28.4 Å². The SMILES string of the molecule is O=C(CNC(=O)c1cccc([N+](=O)[O-])c1)Nc1ccccc1O. The minimum Gasteiger partial charge on any atom is -0.506 e. The molecule has 3 N–H and O–H groups in total. The Kier molecular flexibility index (Phi) is 4.88. The molecule has 0 spiro atoms. The zero-order valence-corrected chi connectivity index (χ0v) is 11.9. The van der Waals surface area contributed by atoms with Crippen LogP contribution in [0.25, 0.3) is 0 Å². The van der Waals surface area contributed by atoms with Crippen LogP contribution >= 0.6 is 0 Å². The molecule has 0 heterocycles. The summed E-state index contributed by atoms with van der Waals surface area (Å²) >= 11 is 0. The molecule has 0 aliphatic carbocycles. The van der Waals surface area contributed by atoms with Crippen molar-refractivity contribution in [3.05, 3.63) is 64.2 Å². The topological polar surface area (TPSA) is 122 Å². The summed E-state index contributed by atoms with van der Waals surface area (Å²) in [6.07, 6.45) is 0. The maximum atomic E-state index is 11.9. The highest BCUT2D eigenvalue weighted by Gasteiger charge is 2.13. The largest absolute Gasteiger partial charge is 0.506 e. The highest BCUT2D eigenvalue weighted by atomic mass is 16.6. The van der Waals surface area contributed by atoms with E-state index in [4.69, 9.17) is 0 Å². The summed E-state index contributed by atoms with van der Waals surface area (Å²) in [6.45, 7) is -0.337. The van der Waals surface area contributed by atoms with Crippen LogP contribution in [0.4, 0.5) is 11.4 Å². The van der Waals surface area contributed by atoms with Gasteiger partial charge in [-0.2, -0.15) is 0 Å². The maximum absolute atomic E-state index is 11.9. The van der Waals surface area contributed by atoms with Gasteiger partial charge in [0, 0.05) is 17.7 Å². The fourth-order valence-corrected chi connectivity index (χ4v) is 1.80. The van der Waals surface area contributed by atoms with Crippen molar-refractivity contribution in [2.45, 2.75) is 0 Å². The van der Waals surface area contributed by atoms with E-state index in [9.17, 15) is 24.8 Å². The molecule has 0 bridgehead atoms. The summed E-state index contributed by atoms with van der Waals surface area (Å²) < 4.78 is 0. The molecule has 0 saturated heterocycles. The third-order valence-electron chi connectivity index (χ3n) is 2.91. The number of aromatic hydroxyl groups is 1. The van der Waals surface area contributed by atoms with Gasteiger partial charge in [-0.15, -0.1) is 0 Å². The Morgan fingerprint density at radius 2 is 1.87 bits per heavy atom. The first-order valence-electron chi connectivity index (χ1n) is 6.58. The zero-order valence-electron chi connectivity index (χ0n) is 11.9. The van der Waals surface area contributed by atoms with Crippen LogP contribution in [0.1, 0.15) is 10.4 Å². The first kappa shape index (κ1) is 16.0. The van der Waals surface area contributed by atoms with Gasteiger partial charge >= 0.3 is 0 Å². The number of phenolic OH excluding ortho intramolecular Hbond substituents is 1. The highest BCUT2D eigenvalue weighted by molar-refractivity contribution is 6.00. The first-order valence-corrected chi connectivity index (χ1v) is 6.58. The average molecular weight is 315 g/mol. The van der Waals surface area contributed by atoms with Crippen LogP contribution in [0.5, 0.6) is 5.75 Å². The van der Waals surface area contributed by atoms with Crippen molar-refractivity contribution in [1.82, 2.24) is 5.32 Å². The number of carbonyl (C=O) groups is 2. The molecule has 0 aromatic heterocycles. The fourth-order valence-electron chi connectivity index (χ4n) is 1.80. The third kappa shape index (κ3) is 4.27. The molecule has 0 radical (unpaired) electrons. The maximum Gasteiger partial charge on any atom is 0.270 e. The first-order chi connectivity index (χ1) is 11.0. The molecule has 23 heavy (non-hydrogen) atoms. The van der Waals surface area contributed by atoms with E-state index in [0.717, 1.165) is 6.07 Å². The van der Waals surface area contributed by atoms with Crippen LogP contribution in [0, 0.1) is 10.1 Å². The van der Waals surface area contributed by atoms with Crippen molar-refractivity contribution in [1.29, 1.82) is 0 Å². The number of nitro benzene ring substituents is 1. The lowest BCUT2D eigenvalue weighted by Crippen LogP contribution is -2.32. The molecule has 0 atom stereocenters. The molecule has 8 nitrogen and oxygen atoms in total. The lowest BCUT2D eigenvalue weighted by Gasteiger charge is -2.08. The molecule has 0 aliphatic heterocycles. The molecule has 0 aliphatic rings. The van der Waals surface area contributed by atoms with Crippen LogP contribution in [-0.2, 0) is 4.79 Å². The second-order valence-electron chi connectivity index (χ2n) is 4.56. The van der Waals surface area contributed by atoms with Gasteiger partial charge in [-0.25, -0.2) is 0 Å². The van der Waals surface area contributed by atoms with Gasteiger partial charge in [0.05, 0.1) is 17.2 Å². The van der Waals surface area contributed by atoms with Crippen LogP contribution in [0.2, 0.25) is 0 Å². The number of hydrogen-bond acceptors (Lipinski definition) is 5. The molecule has 2 amide bonds. The smallest absolute Gasteiger partial charge is 0.270 e. The number of non-ortho nitro benzene ring substituents is 1. The van der Waals surface area contributed by atoms with Gasteiger partial charge in [0.2, 0.25) is 5.91 Å². The highest BCUT2D eigenvalue weighted by Crippen LogP contribution is 2.21. The van der Waals surface area contributed by atoms with Gasteiger partial charge in [-0.3, -0.25) is 19.7 Å². The summed E-state index contributed by atoms with van der Waals surface area (Å²) in [5.41, 5.74) is 0.0907. The van der Waals surface area contributed by atoms with E-state index in [0.29, 0.717) is 0 Å². The van der Waals surface area contributed by atoms with Crippen LogP contribution in [0.15, 0.2) is 48.5 Å². The summed E-state index contributed by atoms with van der Waals surface area (Å²) in [4.78, 5) is 33.7. The monoisotopic (exact) mass is 315 g/mol. The zero-order chi connectivity index (χ0) is 16.8. The Hall–Kier alpha value is -3.42. The Labute approximate surface area is 130 Å². The summed E-state index contributed by atoms with van der Waals surface area (Å²) in [6, 6.07) is 11.3. The predicted molar refractivity (Wildman–Crippen MR) is 82.2 cm³/mol. The number of phenols is 1. The van der Waals surface area contributed by atoms with Crippen molar-refractivity contribution in [2.24, 2.45) is 0 Å². The molecule has 0 unspecified atom stereocenters. The molecule has 2 aromatic carbocycles. The van der Waals surface area contributed by atoms with Crippen molar-refractivity contribution in [2.75, 3.05) is 11.9 Å². The number of nitrogens with one attached hydrogen (secondary N) is 2. The number of rotatable bonds is 5. The molecule has 2 rings (SSSR count). The lowest BCUT2D eigenvalue weighted by molar-refractivity contribution is -0.384. The second kappa shape index (κ2) is 7.03. The molecular weight excluding hydrogens is 302 g/mol. The van der Waals surface area contributed by atoms with Gasteiger partial charge in [0.15, 0.2) is 0 Å². The molecule has 0 saturated carbocycles. The number of benzene rings is 2. The normalized spacial score (nSPS) is 9.91. The average Bonchev–Trinajstić information content (AvgIpc) is 2.55. The summed E-state index contributed by atoms with van der Waals surface area (Å²) in [7, 11) is 0. The Balaban J connectivity index is 1.94. The molecule has 118 valence electrons. The number of nitro groups is 1.